The Balaban J connectivity index is 1.62. The Hall–Kier alpha value is -0.170. The maximum Gasteiger partial charge on any atom is 0.364 e. The van der Waals surface area contributed by atoms with E-state index in [1.165, 1.54) is 0 Å². The van der Waals surface area contributed by atoms with E-state index in [0.717, 1.165) is 32.1 Å². The van der Waals surface area contributed by atoms with Crippen molar-refractivity contribution in [2.45, 2.75) is 100 Å². The van der Waals surface area contributed by atoms with Crippen LogP contribution in [0.3, 0.4) is 0 Å². The third kappa shape index (κ3) is 4.88. The number of hydrogen-bond donors (Lipinski definition) is 0. The molecule has 158 valence electrons. The van der Waals surface area contributed by atoms with Gasteiger partial charge in [0.2, 0.25) is 0 Å². The minimum absolute atomic E-state index is 0.111. The first kappa shape index (κ1) is 21.5. The molecule has 0 aliphatic heterocycles. The van der Waals surface area contributed by atoms with Crippen LogP contribution >= 0.6 is 11.6 Å². The van der Waals surface area contributed by atoms with Crippen molar-refractivity contribution in [1.29, 1.82) is 0 Å². The van der Waals surface area contributed by atoms with Gasteiger partial charge in [-0.25, -0.2) is 17.6 Å². The van der Waals surface area contributed by atoms with E-state index in [2.05, 4.69) is 4.74 Å². The van der Waals surface area contributed by atoms with Gasteiger partial charge in [0, 0.05) is 12.8 Å². The summed E-state index contributed by atoms with van der Waals surface area (Å²) < 4.78 is 90.2. The zero-order chi connectivity index (χ0) is 19.8. The smallest absolute Gasteiger partial charge is 0.317 e. The van der Waals surface area contributed by atoms with Gasteiger partial charge in [0.25, 0.3) is 0 Å². The standard InChI is InChI=1S/C19H27ClF6O/c20-18-15(23)8-12(9-16(18)24)27-19(25,26)17-13(21)6-11(7-14(17)22)10-4-2-1-3-5-10/h10-18H,1-9H2. The van der Waals surface area contributed by atoms with Crippen molar-refractivity contribution >= 4 is 11.6 Å². The van der Waals surface area contributed by atoms with Crippen LogP contribution in [0, 0.1) is 17.8 Å². The van der Waals surface area contributed by atoms with Crippen LogP contribution in [0.1, 0.15) is 57.8 Å². The molecule has 0 amide bonds. The van der Waals surface area contributed by atoms with Crippen LogP contribution in [0.25, 0.3) is 0 Å². The van der Waals surface area contributed by atoms with Gasteiger partial charge in [0.15, 0.2) is 0 Å². The van der Waals surface area contributed by atoms with E-state index in [4.69, 9.17) is 11.6 Å². The summed E-state index contributed by atoms with van der Waals surface area (Å²) in [7, 11) is 0. The van der Waals surface area contributed by atoms with Crippen LogP contribution in [-0.4, -0.2) is 42.3 Å². The van der Waals surface area contributed by atoms with Crippen molar-refractivity contribution < 1.29 is 31.1 Å². The lowest BCUT2D eigenvalue weighted by Crippen LogP contribution is -2.51. The van der Waals surface area contributed by atoms with E-state index >= 15 is 0 Å². The zero-order valence-electron chi connectivity index (χ0n) is 15.1. The van der Waals surface area contributed by atoms with Gasteiger partial charge in [-0.3, -0.25) is 0 Å². The van der Waals surface area contributed by atoms with Crippen molar-refractivity contribution in [2.24, 2.45) is 17.8 Å². The molecule has 0 bridgehead atoms. The number of ether oxygens (including phenoxy) is 1. The zero-order valence-corrected chi connectivity index (χ0v) is 15.9. The molecule has 0 radical (unpaired) electrons. The summed E-state index contributed by atoms with van der Waals surface area (Å²) in [5, 5.41) is -1.41. The molecule has 1 nitrogen and oxygen atoms in total. The first-order chi connectivity index (χ1) is 12.7. The second kappa shape index (κ2) is 8.68. The number of alkyl halides is 7. The van der Waals surface area contributed by atoms with E-state index in [1.807, 2.05) is 0 Å². The summed E-state index contributed by atoms with van der Waals surface area (Å²) in [6.45, 7) is 0. The van der Waals surface area contributed by atoms with Gasteiger partial charge in [-0.1, -0.05) is 32.1 Å². The van der Waals surface area contributed by atoms with Crippen LogP contribution in [0.15, 0.2) is 0 Å². The molecule has 3 aliphatic carbocycles. The SMILES string of the molecule is FC1CC(OC(F)(F)C2C(F)CC(C3CCCCC3)CC2F)CC(F)C1Cl. The maximum atomic E-state index is 14.6. The second-order valence-electron chi connectivity index (χ2n) is 8.44. The summed E-state index contributed by atoms with van der Waals surface area (Å²) in [6.07, 6.45) is -9.64. The van der Waals surface area contributed by atoms with Crippen molar-refractivity contribution in [3.63, 3.8) is 0 Å². The largest absolute Gasteiger partial charge is 0.364 e. The molecular formula is C19H27ClF6O. The van der Waals surface area contributed by atoms with Crippen LogP contribution in [0.2, 0.25) is 0 Å². The van der Waals surface area contributed by atoms with E-state index in [-0.39, 0.29) is 24.7 Å². The molecule has 3 aliphatic rings. The van der Waals surface area contributed by atoms with Gasteiger partial charge in [-0.2, -0.15) is 8.78 Å². The highest BCUT2D eigenvalue weighted by Gasteiger charge is 2.56. The number of rotatable bonds is 4. The van der Waals surface area contributed by atoms with Gasteiger partial charge in [-0.05, 0) is 24.7 Å². The van der Waals surface area contributed by atoms with E-state index < -0.39 is 61.0 Å². The lowest BCUT2D eigenvalue weighted by Gasteiger charge is -2.43. The summed E-state index contributed by atoms with van der Waals surface area (Å²) >= 11 is 5.53. The maximum absolute atomic E-state index is 14.6. The van der Waals surface area contributed by atoms with Gasteiger partial charge in [0.05, 0.1) is 11.5 Å². The fourth-order valence-electron chi connectivity index (χ4n) is 5.09. The third-order valence-corrected chi connectivity index (χ3v) is 7.08. The minimum atomic E-state index is -4.11. The van der Waals surface area contributed by atoms with Gasteiger partial charge in [-0.15, -0.1) is 11.6 Å². The molecule has 3 fully saturated rings. The lowest BCUT2D eigenvalue weighted by atomic mass is 9.69. The molecule has 0 aromatic rings. The summed E-state index contributed by atoms with van der Waals surface area (Å²) in [5.74, 6) is -2.29. The second-order valence-corrected chi connectivity index (χ2v) is 8.94. The van der Waals surface area contributed by atoms with Crippen LogP contribution in [0.5, 0.6) is 0 Å². The Labute approximate surface area is 161 Å². The average Bonchev–Trinajstić information content (AvgIpc) is 2.59. The van der Waals surface area contributed by atoms with E-state index in [1.54, 1.807) is 0 Å². The van der Waals surface area contributed by atoms with Crippen LogP contribution in [0.4, 0.5) is 26.3 Å². The molecular weight excluding hydrogens is 394 g/mol. The molecule has 8 heteroatoms. The Morgan fingerprint density at radius 3 is 1.74 bits per heavy atom. The highest BCUT2D eigenvalue weighted by molar-refractivity contribution is 6.21. The molecule has 4 atom stereocenters. The van der Waals surface area contributed by atoms with Crippen molar-refractivity contribution in [3.8, 4) is 0 Å². The molecule has 3 saturated carbocycles. The molecule has 0 heterocycles. The predicted molar refractivity (Wildman–Crippen MR) is 91.1 cm³/mol. The Morgan fingerprint density at radius 2 is 1.22 bits per heavy atom. The van der Waals surface area contributed by atoms with Gasteiger partial charge >= 0.3 is 6.11 Å². The highest BCUT2D eigenvalue weighted by atomic mass is 35.5. The topological polar surface area (TPSA) is 9.23 Å². The molecule has 3 rings (SSSR count). The molecule has 27 heavy (non-hydrogen) atoms. The van der Waals surface area contributed by atoms with E-state index in [9.17, 15) is 26.3 Å². The van der Waals surface area contributed by atoms with Crippen molar-refractivity contribution in [1.82, 2.24) is 0 Å². The summed E-state index contributed by atoms with van der Waals surface area (Å²) in [5.41, 5.74) is 0. The highest BCUT2D eigenvalue weighted by Crippen LogP contribution is 2.48. The lowest BCUT2D eigenvalue weighted by molar-refractivity contribution is -0.322. The fourth-order valence-corrected chi connectivity index (χ4v) is 5.29. The van der Waals surface area contributed by atoms with E-state index in [0.29, 0.717) is 0 Å². The molecule has 0 aromatic heterocycles. The molecule has 0 spiro atoms. The van der Waals surface area contributed by atoms with Gasteiger partial charge in [0.1, 0.15) is 30.6 Å². The number of halogens is 7. The first-order valence-corrected chi connectivity index (χ1v) is 10.4. The molecule has 0 aromatic carbocycles. The van der Waals surface area contributed by atoms with Crippen molar-refractivity contribution in [3.05, 3.63) is 0 Å². The summed E-state index contributed by atoms with van der Waals surface area (Å²) in [6, 6.07) is 0. The Kier molecular flexibility index (Phi) is 6.92. The normalized spacial score (nSPS) is 45.0. The Bertz CT molecular complexity index is 465. The quantitative estimate of drug-likeness (QED) is 0.381. The van der Waals surface area contributed by atoms with Crippen molar-refractivity contribution in [2.75, 3.05) is 0 Å². The van der Waals surface area contributed by atoms with Gasteiger partial charge < -0.3 is 4.74 Å². The first-order valence-electron chi connectivity index (χ1n) is 9.95. The molecule has 4 unspecified atom stereocenters. The average molecular weight is 421 g/mol. The summed E-state index contributed by atoms with van der Waals surface area (Å²) in [4.78, 5) is 0. The minimum Gasteiger partial charge on any atom is -0.317 e. The third-order valence-electron chi connectivity index (χ3n) is 6.53. The van der Waals surface area contributed by atoms with Crippen LogP contribution < -0.4 is 0 Å². The fraction of sp³-hybridized carbons (Fsp3) is 1.00. The molecule has 0 saturated heterocycles. The molecule has 0 N–H and O–H groups in total. The number of hydrogen-bond acceptors (Lipinski definition) is 1. The predicted octanol–water partition coefficient (Wildman–Crippen LogP) is 6.32. The Morgan fingerprint density at radius 1 is 0.704 bits per heavy atom. The monoisotopic (exact) mass is 420 g/mol. The van der Waals surface area contributed by atoms with Crippen LogP contribution in [-0.2, 0) is 4.74 Å².